The number of aromatic nitrogens is 2. The van der Waals surface area contributed by atoms with E-state index in [0.717, 1.165) is 49.4 Å². The number of rotatable bonds is 4. The molecule has 0 saturated heterocycles. The molecule has 2 aliphatic rings. The third-order valence-corrected chi connectivity index (χ3v) is 5.33. The smallest absolute Gasteiger partial charge is 0.134 e. The van der Waals surface area contributed by atoms with Crippen LogP contribution in [-0.4, -0.2) is 39.2 Å². The number of nitrogens with zero attached hydrogens (tertiary/aromatic N) is 3. The van der Waals surface area contributed by atoms with Gasteiger partial charge in [0.25, 0.3) is 0 Å². The average molecular weight is 386 g/mol. The Bertz CT molecular complexity index is 848. The van der Waals surface area contributed by atoms with Crippen molar-refractivity contribution in [3.8, 4) is 0 Å². The van der Waals surface area contributed by atoms with Crippen LogP contribution in [-0.2, 0) is 6.54 Å². The van der Waals surface area contributed by atoms with Crippen molar-refractivity contribution in [2.45, 2.75) is 44.4 Å². The first-order valence-electron chi connectivity index (χ1n) is 9.32. The van der Waals surface area contributed by atoms with E-state index in [4.69, 9.17) is 16.6 Å². The van der Waals surface area contributed by atoms with Crippen LogP contribution in [0.2, 0.25) is 5.02 Å². The van der Waals surface area contributed by atoms with Crippen LogP contribution in [0.3, 0.4) is 0 Å². The van der Waals surface area contributed by atoms with Gasteiger partial charge in [0.05, 0.1) is 6.10 Å². The molecule has 2 aromatic heterocycles. The Labute approximate surface area is 164 Å². The largest absolute Gasteiger partial charge is 0.393 e. The maximum Gasteiger partial charge on any atom is 0.134 e. The molecule has 1 saturated carbocycles. The highest BCUT2D eigenvalue weighted by Crippen LogP contribution is 2.31. The fourth-order valence-corrected chi connectivity index (χ4v) is 3.78. The standard InChI is InChI=1S/C20H24ClN5O/c1-26-9-7-13-10-19(24-18-11-14(21)6-8-22-18)25-20(17(13)12-26)23-15-2-4-16(27)5-3-15/h6-11,15-16,27H,2-5,12H2,1H3,(H2,22,23,24,25). The fourth-order valence-electron chi connectivity index (χ4n) is 3.62. The van der Waals surface area contributed by atoms with E-state index in [0.29, 0.717) is 16.9 Å². The molecule has 0 atom stereocenters. The molecule has 0 bridgehead atoms. The highest BCUT2D eigenvalue weighted by Gasteiger charge is 2.22. The lowest BCUT2D eigenvalue weighted by Gasteiger charge is -2.29. The second-order valence-electron chi connectivity index (χ2n) is 7.29. The van der Waals surface area contributed by atoms with Gasteiger partial charge in [-0.25, -0.2) is 9.97 Å². The van der Waals surface area contributed by atoms with Gasteiger partial charge in [-0.05, 0) is 61.7 Å². The molecule has 27 heavy (non-hydrogen) atoms. The average Bonchev–Trinajstić information content (AvgIpc) is 2.64. The summed E-state index contributed by atoms with van der Waals surface area (Å²) in [6, 6.07) is 5.90. The Morgan fingerprint density at radius 3 is 2.78 bits per heavy atom. The van der Waals surface area contributed by atoms with Gasteiger partial charge < -0.3 is 20.6 Å². The summed E-state index contributed by atoms with van der Waals surface area (Å²) in [6.07, 6.45) is 9.27. The highest BCUT2D eigenvalue weighted by molar-refractivity contribution is 6.30. The van der Waals surface area contributed by atoms with E-state index >= 15 is 0 Å². The van der Waals surface area contributed by atoms with Crippen molar-refractivity contribution in [1.29, 1.82) is 0 Å². The molecule has 7 heteroatoms. The molecule has 3 heterocycles. The van der Waals surface area contributed by atoms with Crippen molar-refractivity contribution in [2.75, 3.05) is 17.7 Å². The Morgan fingerprint density at radius 2 is 2.00 bits per heavy atom. The Kier molecular flexibility index (Phi) is 5.18. The number of nitrogens with one attached hydrogen (secondary N) is 2. The molecular formula is C20H24ClN5O. The SMILES string of the molecule is CN1C=Cc2cc(Nc3cc(Cl)ccn3)nc(NC3CCC(O)CC3)c2C1. The molecule has 6 nitrogen and oxygen atoms in total. The van der Waals surface area contributed by atoms with Crippen LogP contribution in [0, 0.1) is 0 Å². The van der Waals surface area contributed by atoms with E-state index < -0.39 is 0 Å². The van der Waals surface area contributed by atoms with Gasteiger partial charge in [0.1, 0.15) is 17.5 Å². The molecular weight excluding hydrogens is 362 g/mol. The molecule has 0 unspecified atom stereocenters. The van der Waals surface area contributed by atoms with Crippen LogP contribution in [0.25, 0.3) is 6.08 Å². The number of pyridine rings is 2. The maximum atomic E-state index is 9.76. The number of hydrogen-bond donors (Lipinski definition) is 3. The zero-order valence-electron chi connectivity index (χ0n) is 15.3. The summed E-state index contributed by atoms with van der Waals surface area (Å²) in [5.74, 6) is 2.30. The summed E-state index contributed by atoms with van der Waals surface area (Å²) >= 11 is 6.06. The monoisotopic (exact) mass is 385 g/mol. The van der Waals surface area contributed by atoms with Crippen molar-refractivity contribution in [2.24, 2.45) is 0 Å². The van der Waals surface area contributed by atoms with Crippen molar-refractivity contribution in [1.82, 2.24) is 14.9 Å². The fraction of sp³-hybridized carbons (Fsp3) is 0.400. The molecule has 0 radical (unpaired) electrons. The van der Waals surface area contributed by atoms with Crippen LogP contribution < -0.4 is 10.6 Å². The first-order valence-corrected chi connectivity index (χ1v) is 9.70. The van der Waals surface area contributed by atoms with Crippen LogP contribution >= 0.6 is 11.6 Å². The minimum atomic E-state index is -0.166. The van der Waals surface area contributed by atoms with Crippen molar-refractivity contribution >= 4 is 35.1 Å². The predicted octanol–water partition coefficient (Wildman–Crippen LogP) is 4.01. The number of fused-ring (bicyclic) bond motifs is 1. The first-order chi connectivity index (χ1) is 13.1. The van der Waals surface area contributed by atoms with E-state index in [9.17, 15) is 5.11 Å². The van der Waals surface area contributed by atoms with Crippen molar-refractivity contribution in [3.63, 3.8) is 0 Å². The van der Waals surface area contributed by atoms with Crippen molar-refractivity contribution < 1.29 is 5.11 Å². The van der Waals surface area contributed by atoms with E-state index in [1.165, 1.54) is 5.56 Å². The summed E-state index contributed by atoms with van der Waals surface area (Å²) in [6.45, 7) is 0.812. The van der Waals surface area contributed by atoms with E-state index in [1.807, 2.05) is 6.07 Å². The third kappa shape index (κ3) is 4.34. The molecule has 0 amide bonds. The molecule has 0 spiro atoms. The summed E-state index contributed by atoms with van der Waals surface area (Å²) in [5.41, 5.74) is 2.33. The van der Waals surface area contributed by atoms with Crippen LogP contribution in [0.5, 0.6) is 0 Å². The minimum Gasteiger partial charge on any atom is -0.393 e. The normalized spacial score (nSPS) is 21.7. The molecule has 4 rings (SSSR count). The number of hydrogen-bond acceptors (Lipinski definition) is 6. The van der Waals surface area contributed by atoms with Gasteiger partial charge in [-0.3, -0.25) is 0 Å². The molecule has 1 aliphatic carbocycles. The van der Waals surface area contributed by atoms with E-state index in [1.54, 1.807) is 18.3 Å². The van der Waals surface area contributed by atoms with Gasteiger partial charge in [0.2, 0.25) is 0 Å². The minimum absolute atomic E-state index is 0.166. The lowest BCUT2D eigenvalue weighted by atomic mass is 9.93. The molecule has 3 N–H and O–H groups in total. The number of aliphatic hydroxyl groups excluding tert-OH is 1. The van der Waals surface area contributed by atoms with Gasteiger partial charge in [-0.15, -0.1) is 0 Å². The molecule has 142 valence electrons. The summed E-state index contributed by atoms with van der Waals surface area (Å²) in [4.78, 5) is 11.3. The van der Waals surface area contributed by atoms with Gasteiger partial charge in [-0.1, -0.05) is 11.6 Å². The second kappa shape index (κ2) is 7.74. The molecule has 2 aromatic rings. The summed E-state index contributed by atoms with van der Waals surface area (Å²) in [7, 11) is 2.06. The maximum absolute atomic E-state index is 9.76. The van der Waals surface area contributed by atoms with E-state index in [2.05, 4.69) is 39.8 Å². The van der Waals surface area contributed by atoms with Crippen LogP contribution in [0.15, 0.2) is 30.6 Å². The first kappa shape index (κ1) is 18.1. The van der Waals surface area contributed by atoms with Gasteiger partial charge >= 0.3 is 0 Å². The van der Waals surface area contributed by atoms with E-state index in [-0.39, 0.29) is 6.10 Å². The zero-order chi connectivity index (χ0) is 18.8. The summed E-state index contributed by atoms with van der Waals surface area (Å²) in [5, 5.41) is 17.3. The Morgan fingerprint density at radius 1 is 1.19 bits per heavy atom. The number of halogens is 1. The third-order valence-electron chi connectivity index (χ3n) is 5.09. The lowest BCUT2D eigenvalue weighted by molar-refractivity contribution is 0.126. The lowest BCUT2D eigenvalue weighted by Crippen LogP contribution is -2.30. The highest BCUT2D eigenvalue weighted by atomic mass is 35.5. The molecule has 1 aliphatic heterocycles. The Hall–Kier alpha value is -2.31. The number of anilines is 3. The quantitative estimate of drug-likeness (QED) is 0.738. The predicted molar refractivity (Wildman–Crippen MR) is 109 cm³/mol. The Balaban J connectivity index is 1.62. The summed E-state index contributed by atoms with van der Waals surface area (Å²) < 4.78 is 0. The number of aliphatic hydroxyl groups is 1. The molecule has 0 aromatic carbocycles. The van der Waals surface area contributed by atoms with Gasteiger partial charge in [0.15, 0.2) is 0 Å². The van der Waals surface area contributed by atoms with Crippen LogP contribution in [0.1, 0.15) is 36.8 Å². The van der Waals surface area contributed by atoms with Crippen LogP contribution in [0.4, 0.5) is 17.5 Å². The zero-order valence-corrected chi connectivity index (χ0v) is 16.1. The molecule has 1 fully saturated rings. The van der Waals surface area contributed by atoms with Crippen molar-refractivity contribution in [3.05, 3.63) is 46.7 Å². The second-order valence-corrected chi connectivity index (χ2v) is 7.73. The van der Waals surface area contributed by atoms with Gasteiger partial charge in [-0.2, -0.15) is 0 Å². The van der Waals surface area contributed by atoms with Gasteiger partial charge in [0, 0.05) is 36.4 Å². The topological polar surface area (TPSA) is 73.3 Å².